The molecule has 0 aromatic heterocycles. The lowest BCUT2D eigenvalue weighted by Crippen LogP contribution is -1.94. The molecular weight excluding hydrogens is 414 g/mol. The summed E-state index contributed by atoms with van der Waals surface area (Å²) in [7, 11) is 0. The zero-order valence-corrected chi connectivity index (χ0v) is 11.7. The molecule has 2 nitrogen and oxygen atoms in total. The summed E-state index contributed by atoms with van der Waals surface area (Å²) < 4.78 is 20.0. The summed E-state index contributed by atoms with van der Waals surface area (Å²) in [4.78, 5) is 0.460. The van der Waals surface area contributed by atoms with Gasteiger partial charge in [0, 0.05) is 0 Å². The molecule has 1 atom stereocenters. The van der Waals surface area contributed by atoms with Gasteiger partial charge in [-0.25, -0.2) is 4.21 Å². The van der Waals surface area contributed by atoms with Crippen molar-refractivity contribution in [3.63, 3.8) is 0 Å². The van der Waals surface area contributed by atoms with Crippen LogP contribution in [-0.4, -0.2) is 10.7 Å². The normalized spacial score (nSPS) is 13.2. The molecule has 0 radical (unpaired) electrons. The molecule has 0 spiro atoms. The number of hydrogen-bond donors (Lipinski definition) is 1. The minimum Gasteiger partial charge on any atom is -0.302 e. The summed E-state index contributed by atoms with van der Waals surface area (Å²) in [5, 5.41) is 0. The van der Waals surface area contributed by atoms with Gasteiger partial charge in [0.05, 0.1) is 6.83 Å². The van der Waals surface area contributed by atoms with Crippen LogP contribution in [0.1, 0.15) is 5.56 Å². The topological polar surface area (TPSA) is 37.3 Å². The Hall–Kier alpha value is 0.790. The summed E-state index contributed by atoms with van der Waals surface area (Å²) in [6.45, 7) is 0. The fourth-order valence-corrected chi connectivity index (χ4v) is 2.31. The van der Waals surface area contributed by atoms with Crippen molar-refractivity contribution < 1.29 is 8.76 Å². The molecule has 0 aliphatic rings. The van der Waals surface area contributed by atoms with E-state index in [-0.39, 0.29) is 0 Å². The standard InChI is InChI=1S/C8H8I2O2S/c9-8(10)5-6-1-3-7(4-2-6)13(11)12/h1-4,8H,5H2,(H,11,12). The lowest BCUT2D eigenvalue weighted by atomic mass is 10.2. The number of hydrogen-bond acceptors (Lipinski definition) is 1. The number of halogens is 2. The lowest BCUT2D eigenvalue weighted by Gasteiger charge is -2.02. The van der Waals surface area contributed by atoms with Crippen LogP contribution in [0.4, 0.5) is 0 Å². The molecule has 0 aliphatic carbocycles. The average molecular weight is 422 g/mol. The summed E-state index contributed by atoms with van der Waals surface area (Å²) in [6, 6.07) is 7.18. The van der Waals surface area contributed by atoms with E-state index in [1.54, 1.807) is 12.1 Å². The lowest BCUT2D eigenvalue weighted by molar-refractivity contribution is 0.564. The van der Waals surface area contributed by atoms with Gasteiger partial charge in [0.2, 0.25) is 0 Å². The van der Waals surface area contributed by atoms with Crippen molar-refractivity contribution in [2.75, 3.05) is 0 Å². The highest BCUT2D eigenvalue weighted by Crippen LogP contribution is 2.17. The molecule has 0 amide bonds. The third-order valence-corrected chi connectivity index (χ3v) is 3.07. The fourth-order valence-electron chi connectivity index (χ4n) is 0.920. The SMILES string of the molecule is O=S(O)c1ccc(CC(I)I)cc1. The average Bonchev–Trinajstić information content (AvgIpc) is 2.04. The second-order valence-electron chi connectivity index (χ2n) is 2.49. The van der Waals surface area contributed by atoms with Crippen LogP contribution in [0.2, 0.25) is 0 Å². The monoisotopic (exact) mass is 422 g/mol. The summed E-state index contributed by atoms with van der Waals surface area (Å²) in [6.07, 6.45) is 0.986. The van der Waals surface area contributed by atoms with Gasteiger partial charge >= 0.3 is 0 Å². The van der Waals surface area contributed by atoms with E-state index < -0.39 is 11.1 Å². The van der Waals surface area contributed by atoms with Crippen molar-refractivity contribution >= 4 is 56.3 Å². The van der Waals surface area contributed by atoms with Crippen LogP contribution in [0.15, 0.2) is 29.2 Å². The quantitative estimate of drug-likeness (QED) is 0.462. The van der Waals surface area contributed by atoms with E-state index in [9.17, 15) is 4.21 Å². The Balaban J connectivity index is 2.75. The van der Waals surface area contributed by atoms with Gasteiger partial charge in [-0.3, -0.25) is 0 Å². The van der Waals surface area contributed by atoms with Gasteiger partial charge in [0.15, 0.2) is 11.1 Å². The first kappa shape index (κ1) is 11.9. The van der Waals surface area contributed by atoms with Gasteiger partial charge in [-0.15, -0.1) is 0 Å². The number of alkyl halides is 2. The first-order chi connectivity index (χ1) is 6.09. The van der Waals surface area contributed by atoms with Gasteiger partial charge in [0.1, 0.15) is 0 Å². The number of benzene rings is 1. The van der Waals surface area contributed by atoms with Crippen LogP contribution < -0.4 is 0 Å². The Bertz CT molecular complexity index is 298. The summed E-state index contributed by atoms with van der Waals surface area (Å²) in [5.41, 5.74) is 1.20. The van der Waals surface area contributed by atoms with Gasteiger partial charge in [-0.1, -0.05) is 57.3 Å². The van der Waals surface area contributed by atoms with Gasteiger partial charge in [0.25, 0.3) is 0 Å². The minimum atomic E-state index is -1.85. The summed E-state index contributed by atoms with van der Waals surface area (Å²) in [5.74, 6) is 0. The van der Waals surface area contributed by atoms with Crippen LogP contribution in [0.5, 0.6) is 0 Å². The van der Waals surface area contributed by atoms with E-state index in [2.05, 4.69) is 45.2 Å². The molecule has 0 aliphatic heterocycles. The zero-order chi connectivity index (χ0) is 9.84. The molecule has 0 saturated heterocycles. The van der Waals surface area contributed by atoms with Crippen molar-refractivity contribution in [1.29, 1.82) is 0 Å². The Kier molecular flexibility index (Phi) is 5.13. The van der Waals surface area contributed by atoms with Gasteiger partial charge in [-0.05, 0) is 24.1 Å². The molecule has 13 heavy (non-hydrogen) atoms. The molecule has 72 valence electrons. The maximum Gasteiger partial charge on any atom is 0.186 e. The van der Waals surface area contributed by atoms with Crippen LogP contribution in [0, 0.1) is 0 Å². The fraction of sp³-hybridized carbons (Fsp3) is 0.250. The second kappa shape index (κ2) is 5.62. The molecule has 1 unspecified atom stereocenters. The van der Waals surface area contributed by atoms with E-state index in [1.165, 1.54) is 5.56 Å². The minimum absolute atomic E-state index is 0.460. The van der Waals surface area contributed by atoms with E-state index in [0.717, 1.165) is 6.42 Å². The second-order valence-corrected chi connectivity index (χ2v) is 8.85. The maximum atomic E-state index is 10.6. The molecule has 0 heterocycles. The predicted octanol–water partition coefficient (Wildman–Crippen LogP) is 3.01. The molecule has 0 bridgehead atoms. The van der Waals surface area contributed by atoms with Crippen molar-refractivity contribution in [3.05, 3.63) is 29.8 Å². The van der Waals surface area contributed by atoms with Crippen molar-refractivity contribution in [3.8, 4) is 0 Å². The highest BCUT2D eigenvalue weighted by molar-refractivity contribution is 14.2. The molecule has 1 N–H and O–H groups in total. The van der Waals surface area contributed by atoms with Gasteiger partial charge in [-0.2, -0.15) is 0 Å². The van der Waals surface area contributed by atoms with E-state index >= 15 is 0 Å². The van der Waals surface area contributed by atoms with Crippen molar-refractivity contribution in [1.82, 2.24) is 0 Å². The molecule has 1 aromatic rings. The van der Waals surface area contributed by atoms with Crippen LogP contribution in [0.25, 0.3) is 0 Å². The molecule has 1 aromatic carbocycles. The van der Waals surface area contributed by atoms with E-state index in [1.807, 2.05) is 12.1 Å². The maximum absolute atomic E-state index is 10.6. The van der Waals surface area contributed by atoms with Crippen LogP contribution >= 0.6 is 45.2 Å². The Labute approximate surface area is 107 Å². The number of rotatable bonds is 3. The van der Waals surface area contributed by atoms with Gasteiger partial charge < -0.3 is 4.55 Å². The smallest absolute Gasteiger partial charge is 0.186 e. The Morgan fingerprint density at radius 1 is 1.31 bits per heavy atom. The van der Waals surface area contributed by atoms with E-state index in [0.29, 0.717) is 6.83 Å². The van der Waals surface area contributed by atoms with Crippen LogP contribution in [0.3, 0.4) is 0 Å². The molecule has 0 fully saturated rings. The Morgan fingerprint density at radius 3 is 2.23 bits per heavy atom. The molecular formula is C8H8I2O2S. The molecule has 0 saturated carbocycles. The third kappa shape index (κ3) is 4.22. The van der Waals surface area contributed by atoms with Crippen LogP contribution in [-0.2, 0) is 17.5 Å². The largest absolute Gasteiger partial charge is 0.302 e. The highest BCUT2D eigenvalue weighted by Gasteiger charge is 2.02. The van der Waals surface area contributed by atoms with Crippen molar-refractivity contribution in [2.24, 2.45) is 0 Å². The summed E-state index contributed by atoms with van der Waals surface area (Å²) >= 11 is 2.84. The molecule has 5 heteroatoms. The van der Waals surface area contributed by atoms with Crippen molar-refractivity contribution in [2.45, 2.75) is 13.2 Å². The highest BCUT2D eigenvalue weighted by atomic mass is 127. The first-order valence-electron chi connectivity index (χ1n) is 3.57. The third-order valence-electron chi connectivity index (χ3n) is 1.51. The predicted molar refractivity (Wildman–Crippen MR) is 71.0 cm³/mol. The Morgan fingerprint density at radius 2 is 1.85 bits per heavy atom. The molecule has 1 rings (SSSR count). The first-order valence-corrected chi connectivity index (χ1v) is 7.17. The van der Waals surface area contributed by atoms with E-state index in [4.69, 9.17) is 4.55 Å². The zero-order valence-electron chi connectivity index (χ0n) is 6.61.